The standard InChI is InChI=1S/C22H28N4O2/c27-20(22(9-15-28-16-10-22)19-5-2-1-3-6-19)25-17-18-7-13-26(14-8-18)21-23-11-4-12-24-21/h1-6,11-12,18H,7-10,13-17H2,(H,25,27). The number of piperidine rings is 1. The smallest absolute Gasteiger partial charge is 0.230 e. The van der Waals surface area contributed by atoms with Crippen LogP contribution >= 0.6 is 0 Å². The molecule has 6 heteroatoms. The van der Waals surface area contributed by atoms with Crippen molar-refractivity contribution in [3.63, 3.8) is 0 Å². The molecule has 0 atom stereocenters. The molecule has 4 rings (SSSR count). The van der Waals surface area contributed by atoms with Crippen LogP contribution in [0.2, 0.25) is 0 Å². The molecular weight excluding hydrogens is 352 g/mol. The highest BCUT2D eigenvalue weighted by atomic mass is 16.5. The van der Waals surface area contributed by atoms with Crippen molar-refractivity contribution in [1.82, 2.24) is 15.3 Å². The molecule has 1 N–H and O–H groups in total. The van der Waals surface area contributed by atoms with Crippen LogP contribution in [0.1, 0.15) is 31.2 Å². The maximum absolute atomic E-state index is 13.3. The lowest BCUT2D eigenvalue weighted by molar-refractivity contribution is -0.130. The average molecular weight is 380 g/mol. The Morgan fingerprint density at radius 3 is 2.43 bits per heavy atom. The summed E-state index contributed by atoms with van der Waals surface area (Å²) in [5.41, 5.74) is 0.643. The van der Waals surface area contributed by atoms with Crippen LogP contribution in [0.4, 0.5) is 5.95 Å². The van der Waals surface area contributed by atoms with E-state index in [1.807, 2.05) is 24.3 Å². The molecule has 0 aliphatic carbocycles. The van der Waals surface area contributed by atoms with Crippen molar-refractivity contribution in [2.45, 2.75) is 31.1 Å². The van der Waals surface area contributed by atoms with E-state index < -0.39 is 5.41 Å². The molecule has 2 aromatic rings. The van der Waals surface area contributed by atoms with Gasteiger partial charge in [-0.15, -0.1) is 0 Å². The van der Waals surface area contributed by atoms with Crippen LogP contribution in [0.3, 0.4) is 0 Å². The normalized spacial score (nSPS) is 19.9. The number of carbonyl (C=O) groups is 1. The number of amides is 1. The Bertz CT molecular complexity index is 755. The van der Waals surface area contributed by atoms with Gasteiger partial charge in [0.1, 0.15) is 0 Å². The van der Waals surface area contributed by atoms with Crippen LogP contribution in [0, 0.1) is 5.92 Å². The lowest BCUT2D eigenvalue weighted by atomic mass is 9.73. The van der Waals surface area contributed by atoms with Gasteiger partial charge in [-0.25, -0.2) is 9.97 Å². The molecule has 28 heavy (non-hydrogen) atoms. The molecule has 1 aromatic carbocycles. The summed E-state index contributed by atoms with van der Waals surface area (Å²) in [7, 11) is 0. The second-order valence-electron chi connectivity index (χ2n) is 7.75. The first kappa shape index (κ1) is 18.9. The van der Waals surface area contributed by atoms with E-state index in [0.29, 0.717) is 19.1 Å². The molecule has 148 valence electrons. The second-order valence-corrected chi connectivity index (χ2v) is 7.75. The average Bonchev–Trinajstić information content (AvgIpc) is 2.79. The summed E-state index contributed by atoms with van der Waals surface area (Å²) in [4.78, 5) is 24.2. The zero-order valence-corrected chi connectivity index (χ0v) is 16.2. The Balaban J connectivity index is 1.34. The fourth-order valence-corrected chi connectivity index (χ4v) is 4.32. The van der Waals surface area contributed by atoms with E-state index in [9.17, 15) is 4.79 Å². The van der Waals surface area contributed by atoms with E-state index >= 15 is 0 Å². The first-order chi connectivity index (χ1) is 13.8. The summed E-state index contributed by atoms with van der Waals surface area (Å²) in [5.74, 6) is 1.45. The molecule has 6 nitrogen and oxygen atoms in total. The van der Waals surface area contributed by atoms with Crippen molar-refractivity contribution in [2.24, 2.45) is 5.92 Å². The van der Waals surface area contributed by atoms with Gasteiger partial charge in [0.15, 0.2) is 0 Å². The maximum Gasteiger partial charge on any atom is 0.230 e. The summed E-state index contributed by atoms with van der Waals surface area (Å²) in [6.45, 7) is 3.87. The topological polar surface area (TPSA) is 67.4 Å². The summed E-state index contributed by atoms with van der Waals surface area (Å²) < 4.78 is 5.55. The van der Waals surface area contributed by atoms with E-state index in [2.05, 4.69) is 32.3 Å². The third-order valence-corrected chi connectivity index (χ3v) is 6.11. The van der Waals surface area contributed by atoms with E-state index in [1.165, 1.54) is 0 Å². The van der Waals surface area contributed by atoms with E-state index in [0.717, 1.165) is 56.8 Å². The number of benzene rings is 1. The van der Waals surface area contributed by atoms with Gasteiger partial charge in [0, 0.05) is 45.2 Å². The minimum Gasteiger partial charge on any atom is -0.381 e. The number of carbonyl (C=O) groups excluding carboxylic acids is 1. The molecule has 2 aliphatic rings. The molecule has 0 unspecified atom stereocenters. The Kier molecular flexibility index (Phi) is 5.86. The van der Waals surface area contributed by atoms with Gasteiger partial charge in [0.2, 0.25) is 11.9 Å². The van der Waals surface area contributed by atoms with Crippen molar-refractivity contribution in [3.05, 3.63) is 54.4 Å². The lowest BCUT2D eigenvalue weighted by Gasteiger charge is -2.37. The van der Waals surface area contributed by atoms with Crippen LogP contribution in [-0.2, 0) is 14.9 Å². The molecule has 1 amide bonds. The highest BCUT2D eigenvalue weighted by Gasteiger charge is 2.41. The van der Waals surface area contributed by atoms with E-state index in [1.54, 1.807) is 12.4 Å². The van der Waals surface area contributed by atoms with E-state index in [-0.39, 0.29) is 5.91 Å². The summed E-state index contributed by atoms with van der Waals surface area (Å²) >= 11 is 0. The number of nitrogens with one attached hydrogen (secondary N) is 1. The van der Waals surface area contributed by atoms with Crippen LogP contribution < -0.4 is 10.2 Å². The molecule has 2 saturated heterocycles. The minimum atomic E-state index is -0.460. The fourth-order valence-electron chi connectivity index (χ4n) is 4.32. The highest BCUT2D eigenvalue weighted by molar-refractivity contribution is 5.88. The second kappa shape index (κ2) is 8.69. The van der Waals surface area contributed by atoms with Gasteiger partial charge in [-0.05, 0) is 43.2 Å². The highest BCUT2D eigenvalue weighted by Crippen LogP contribution is 2.35. The van der Waals surface area contributed by atoms with Crippen LogP contribution in [0.25, 0.3) is 0 Å². The van der Waals surface area contributed by atoms with Crippen molar-refractivity contribution in [1.29, 1.82) is 0 Å². The van der Waals surface area contributed by atoms with Crippen LogP contribution in [0.15, 0.2) is 48.8 Å². The Labute approximate surface area is 166 Å². The SMILES string of the molecule is O=C(NCC1CCN(c2ncccn2)CC1)C1(c2ccccc2)CCOCC1. The number of ether oxygens (including phenoxy) is 1. The van der Waals surface area contributed by atoms with Crippen molar-refractivity contribution < 1.29 is 9.53 Å². The zero-order chi connectivity index (χ0) is 19.2. The molecule has 0 bridgehead atoms. The third kappa shape index (κ3) is 4.02. The Morgan fingerprint density at radius 2 is 1.75 bits per heavy atom. The molecule has 0 radical (unpaired) electrons. The van der Waals surface area contributed by atoms with Crippen LogP contribution in [-0.4, -0.2) is 48.7 Å². The molecule has 3 heterocycles. The molecule has 0 saturated carbocycles. The molecule has 0 spiro atoms. The Morgan fingerprint density at radius 1 is 1.07 bits per heavy atom. The Hall–Kier alpha value is -2.47. The minimum absolute atomic E-state index is 0.149. The maximum atomic E-state index is 13.3. The third-order valence-electron chi connectivity index (χ3n) is 6.11. The summed E-state index contributed by atoms with van der Waals surface area (Å²) in [6.07, 6.45) is 7.14. The largest absolute Gasteiger partial charge is 0.381 e. The monoisotopic (exact) mass is 380 g/mol. The van der Waals surface area contributed by atoms with Gasteiger partial charge in [0.05, 0.1) is 5.41 Å². The predicted molar refractivity (Wildman–Crippen MR) is 108 cm³/mol. The van der Waals surface area contributed by atoms with Crippen molar-refractivity contribution in [3.8, 4) is 0 Å². The molecule has 2 aliphatic heterocycles. The number of rotatable bonds is 5. The number of hydrogen-bond donors (Lipinski definition) is 1. The molecule has 1 aromatic heterocycles. The zero-order valence-electron chi connectivity index (χ0n) is 16.2. The van der Waals surface area contributed by atoms with Gasteiger partial charge in [0.25, 0.3) is 0 Å². The van der Waals surface area contributed by atoms with E-state index in [4.69, 9.17) is 4.74 Å². The van der Waals surface area contributed by atoms with Gasteiger partial charge in [-0.3, -0.25) is 4.79 Å². The van der Waals surface area contributed by atoms with Gasteiger partial charge in [-0.2, -0.15) is 0 Å². The van der Waals surface area contributed by atoms with Crippen LogP contribution in [0.5, 0.6) is 0 Å². The number of hydrogen-bond acceptors (Lipinski definition) is 5. The lowest BCUT2D eigenvalue weighted by Crippen LogP contribution is -2.49. The molecule has 2 fully saturated rings. The van der Waals surface area contributed by atoms with Gasteiger partial charge in [-0.1, -0.05) is 30.3 Å². The van der Waals surface area contributed by atoms with Crippen molar-refractivity contribution in [2.75, 3.05) is 37.7 Å². The first-order valence-corrected chi connectivity index (χ1v) is 10.2. The van der Waals surface area contributed by atoms with Gasteiger partial charge >= 0.3 is 0 Å². The quantitative estimate of drug-likeness (QED) is 0.863. The fraction of sp³-hybridized carbons (Fsp3) is 0.500. The molecular formula is C22H28N4O2. The number of nitrogens with zero attached hydrogens (tertiary/aromatic N) is 3. The first-order valence-electron chi connectivity index (χ1n) is 10.2. The summed E-state index contributed by atoms with van der Waals surface area (Å²) in [6, 6.07) is 12.0. The number of anilines is 1. The van der Waals surface area contributed by atoms with Gasteiger partial charge < -0.3 is 15.0 Å². The predicted octanol–water partition coefficient (Wildman–Crippen LogP) is 2.56. The number of aromatic nitrogens is 2. The summed E-state index contributed by atoms with van der Waals surface area (Å²) in [5, 5.41) is 3.27. The van der Waals surface area contributed by atoms with Crippen molar-refractivity contribution >= 4 is 11.9 Å².